The minimum Gasteiger partial charge on any atom is -0.495 e. The van der Waals surface area contributed by atoms with E-state index < -0.39 is 6.03 Å². The molecule has 0 saturated carbocycles. The number of hydrogen-bond acceptors (Lipinski definition) is 5. The van der Waals surface area contributed by atoms with Gasteiger partial charge in [-0.05, 0) is 18.6 Å². The zero-order valence-electron chi connectivity index (χ0n) is 15.0. The van der Waals surface area contributed by atoms with E-state index in [0.717, 1.165) is 19.3 Å². The molecule has 2 aromatic rings. The molecule has 7 nitrogen and oxygen atoms in total. The molecule has 26 heavy (non-hydrogen) atoms. The third-order valence-electron chi connectivity index (χ3n) is 3.57. The molecule has 1 heterocycles. The number of rotatable bonds is 9. The van der Waals surface area contributed by atoms with Gasteiger partial charge in [0.15, 0.2) is 5.13 Å². The van der Waals surface area contributed by atoms with Crippen LogP contribution in [-0.4, -0.2) is 30.6 Å². The number of amides is 3. The molecule has 0 aliphatic carbocycles. The topological polar surface area (TPSA) is 92.4 Å². The summed E-state index contributed by atoms with van der Waals surface area (Å²) in [5.74, 6) is 0.513. The standard InChI is InChI=1S/C18H24N4O3S/c1-3-4-7-10-19-16(23)11-13-12-26-18(20-13)22-17(24)21-14-8-5-6-9-15(14)25-2/h5-6,8-9,12H,3-4,7,10-11H2,1-2H3,(H,19,23)(H2,20,21,22,24). The number of para-hydroxylation sites is 2. The number of hydrogen-bond donors (Lipinski definition) is 3. The Kier molecular flexibility index (Phi) is 7.88. The lowest BCUT2D eigenvalue weighted by atomic mass is 10.2. The highest BCUT2D eigenvalue weighted by molar-refractivity contribution is 7.14. The molecule has 0 saturated heterocycles. The van der Waals surface area contributed by atoms with Crippen molar-refractivity contribution in [2.24, 2.45) is 0 Å². The Balaban J connectivity index is 1.82. The van der Waals surface area contributed by atoms with Gasteiger partial charge >= 0.3 is 6.03 Å². The van der Waals surface area contributed by atoms with Crippen LogP contribution in [0.5, 0.6) is 5.75 Å². The van der Waals surface area contributed by atoms with Crippen LogP contribution in [0.15, 0.2) is 29.6 Å². The fourth-order valence-corrected chi connectivity index (χ4v) is 2.98. The molecule has 0 unspecified atom stereocenters. The van der Waals surface area contributed by atoms with E-state index in [1.54, 1.807) is 30.7 Å². The summed E-state index contributed by atoms with van der Waals surface area (Å²) in [7, 11) is 1.54. The Morgan fingerprint density at radius 3 is 2.77 bits per heavy atom. The summed E-state index contributed by atoms with van der Waals surface area (Å²) in [6.45, 7) is 2.80. The van der Waals surface area contributed by atoms with Crippen molar-refractivity contribution in [3.8, 4) is 5.75 Å². The maximum Gasteiger partial charge on any atom is 0.325 e. The molecule has 3 N–H and O–H groups in total. The number of ether oxygens (including phenoxy) is 1. The summed E-state index contributed by atoms with van der Waals surface area (Å²) in [5, 5.41) is 10.5. The number of carbonyl (C=O) groups is 2. The molecular weight excluding hydrogens is 352 g/mol. The van der Waals surface area contributed by atoms with E-state index in [9.17, 15) is 9.59 Å². The van der Waals surface area contributed by atoms with Crippen LogP contribution in [0.2, 0.25) is 0 Å². The first-order valence-corrected chi connectivity index (χ1v) is 9.42. The van der Waals surface area contributed by atoms with Crippen LogP contribution in [0.1, 0.15) is 31.9 Å². The molecule has 8 heteroatoms. The number of nitrogens with zero attached hydrogens (tertiary/aromatic N) is 1. The number of urea groups is 1. The van der Waals surface area contributed by atoms with Gasteiger partial charge in [0, 0.05) is 11.9 Å². The van der Waals surface area contributed by atoms with E-state index in [4.69, 9.17) is 4.74 Å². The number of unbranched alkanes of at least 4 members (excludes halogenated alkanes) is 2. The smallest absolute Gasteiger partial charge is 0.325 e. The fourth-order valence-electron chi connectivity index (χ4n) is 2.27. The molecule has 0 aliphatic heterocycles. The van der Waals surface area contributed by atoms with Gasteiger partial charge in [0.1, 0.15) is 5.75 Å². The Labute approximate surface area is 157 Å². The molecule has 2 rings (SSSR count). The SMILES string of the molecule is CCCCCNC(=O)Cc1csc(NC(=O)Nc2ccccc2OC)n1. The molecule has 0 fully saturated rings. The number of carbonyl (C=O) groups excluding carboxylic acids is 2. The Morgan fingerprint density at radius 2 is 2.00 bits per heavy atom. The first-order chi connectivity index (χ1) is 12.6. The number of methoxy groups -OCH3 is 1. The summed E-state index contributed by atoms with van der Waals surface area (Å²) in [6.07, 6.45) is 3.41. The van der Waals surface area contributed by atoms with Crippen molar-refractivity contribution < 1.29 is 14.3 Å². The molecule has 0 bridgehead atoms. The van der Waals surface area contributed by atoms with Crippen LogP contribution in [0.3, 0.4) is 0 Å². The lowest BCUT2D eigenvalue weighted by molar-refractivity contribution is -0.120. The zero-order chi connectivity index (χ0) is 18.8. The van der Waals surface area contributed by atoms with Crippen molar-refractivity contribution in [3.63, 3.8) is 0 Å². The highest BCUT2D eigenvalue weighted by atomic mass is 32.1. The third kappa shape index (κ3) is 6.36. The first kappa shape index (κ1) is 19.7. The minimum absolute atomic E-state index is 0.0589. The van der Waals surface area contributed by atoms with Crippen molar-refractivity contribution in [1.29, 1.82) is 0 Å². The van der Waals surface area contributed by atoms with Crippen molar-refractivity contribution in [3.05, 3.63) is 35.3 Å². The number of nitrogens with one attached hydrogen (secondary N) is 3. The van der Waals surface area contributed by atoms with E-state index in [-0.39, 0.29) is 12.3 Å². The van der Waals surface area contributed by atoms with Gasteiger partial charge in [0.25, 0.3) is 0 Å². The van der Waals surface area contributed by atoms with E-state index in [0.29, 0.717) is 28.8 Å². The molecule has 3 amide bonds. The number of thiazole rings is 1. The quantitative estimate of drug-likeness (QED) is 0.583. The Hall–Kier alpha value is -2.61. The number of anilines is 2. The van der Waals surface area contributed by atoms with E-state index in [2.05, 4.69) is 27.9 Å². The number of aromatic nitrogens is 1. The molecule has 140 valence electrons. The molecule has 1 aromatic carbocycles. The van der Waals surface area contributed by atoms with E-state index in [1.165, 1.54) is 11.3 Å². The highest BCUT2D eigenvalue weighted by Gasteiger charge is 2.11. The lowest BCUT2D eigenvalue weighted by Gasteiger charge is -2.09. The summed E-state index contributed by atoms with van der Waals surface area (Å²) in [4.78, 5) is 28.2. The Morgan fingerprint density at radius 1 is 1.19 bits per heavy atom. The van der Waals surface area contributed by atoms with Crippen LogP contribution in [0, 0.1) is 0 Å². The van der Waals surface area contributed by atoms with E-state index >= 15 is 0 Å². The van der Waals surface area contributed by atoms with Crippen molar-refractivity contribution >= 4 is 34.1 Å². The first-order valence-electron chi connectivity index (χ1n) is 8.54. The van der Waals surface area contributed by atoms with Gasteiger partial charge in [-0.2, -0.15) is 0 Å². The molecule has 0 atom stereocenters. The maximum atomic E-state index is 12.1. The fraction of sp³-hybridized carbons (Fsp3) is 0.389. The largest absolute Gasteiger partial charge is 0.495 e. The summed E-state index contributed by atoms with van der Waals surface area (Å²) < 4.78 is 5.19. The highest BCUT2D eigenvalue weighted by Crippen LogP contribution is 2.23. The maximum absolute atomic E-state index is 12.1. The molecule has 0 aliphatic rings. The van der Waals surface area contributed by atoms with Crippen molar-refractivity contribution in [2.45, 2.75) is 32.6 Å². The normalized spacial score (nSPS) is 10.2. The summed E-state index contributed by atoms with van der Waals surface area (Å²) >= 11 is 1.28. The van der Waals surface area contributed by atoms with Crippen LogP contribution in [0.25, 0.3) is 0 Å². The van der Waals surface area contributed by atoms with Gasteiger partial charge in [0.2, 0.25) is 5.91 Å². The predicted octanol–water partition coefficient (Wildman–Crippen LogP) is 3.64. The molecule has 1 aromatic heterocycles. The van der Waals surface area contributed by atoms with Crippen molar-refractivity contribution in [1.82, 2.24) is 10.3 Å². The predicted molar refractivity (Wildman–Crippen MR) is 104 cm³/mol. The van der Waals surface area contributed by atoms with Crippen molar-refractivity contribution in [2.75, 3.05) is 24.3 Å². The van der Waals surface area contributed by atoms with Gasteiger partial charge in [0.05, 0.1) is 24.9 Å². The molecular formula is C18H24N4O3S. The minimum atomic E-state index is -0.417. The number of benzene rings is 1. The average molecular weight is 376 g/mol. The third-order valence-corrected chi connectivity index (χ3v) is 4.38. The monoisotopic (exact) mass is 376 g/mol. The zero-order valence-corrected chi connectivity index (χ0v) is 15.8. The van der Waals surface area contributed by atoms with Gasteiger partial charge in [-0.1, -0.05) is 31.9 Å². The van der Waals surface area contributed by atoms with Gasteiger partial charge < -0.3 is 15.4 Å². The summed E-state index contributed by atoms with van der Waals surface area (Å²) in [5.41, 5.74) is 1.20. The van der Waals surface area contributed by atoms with Crippen LogP contribution in [-0.2, 0) is 11.2 Å². The lowest BCUT2D eigenvalue weighted by Crippen LogP contribution is -2.26. The Bertz CT molecular complexity index is 733. The van der Waals surface area contributed by atoms with Gasteiger partial charge in [-0.3, -0.25) is 10.1 Å². The van der Waals surface area contributed by atoms with E-state index in [1.807, 2.05) is 6.07 Å². The van der Waals surface area contributed by atoms with Gasteiger partial charge in [-0.15, -0.1) is 11.3 Å². The molecule has 0 radical (unpaired) electrons. The van der Waals surface area contributed by atoms with Crippen LogP contribution >= 0.6 is 11.3 Å². The second-order valence-corrected chi connectivity index (χ2v) is 6.52. The van der Waals surface area contributed by atoms with Crippen LogP contribution < -0.4 is 20.7 Å². The van der Waals surface area contributed by atoms with Gasteiger partial charge in [-0.25, -0.2) is 9.78 Å². The summed E-state index contributed by atoms with van der Waals surface area (Å²) in [6, 6.07) is 6.71. The second-order valence-electron chi connectivity index (χ2n) is 5.66. The van der Waals surface area contributed by atoms with Crippen LogP contribution in [0.4, 0.5) is 15.6 Å². The molecule has 0 spiro atoms. The second kappa shape index (κ2) is 10.4. The average Bonchev–Trinajstić information content (AvgIpc) is 3.05.